The lowest BCUT2D eigenvalue weighted by Crippen LogP contribution is -2.05. The monoisotopic (exact) mass is 558 g/mol. The molecule has 0 unspecified atom stereocenters. The zero-order valence-corrected chi connectivity index (χ0v) is 23.5. The fourth-order valence-electron chi connectivity index (χ4n) is 5.54. The maximum absolute atomic E-state index is 6.87. The minimum Gasteiger partial charge on any atom is -0.327 e. The standard InChI is InChI=1S/C32H27ClN8/c1-3-8-29-35-30-25(33)17-22(32-34-26-11-6-7-12-27(26)40(32)2)18-28(30)41(29)19-20-13-15-21(16-14-20)23-9-4-5-10-24(23)31-36-38-39-37-31/h4-7,9-18H,3,8,19H2,1-2H3,(H,36,37,38,39). The molecule has 0 radical (unpaired) electrons. The third-order valence-corrected chi connectivity index (χ3v) is 7.83. The van der Waals surface area contributed by atoms with E-state index in [1.54, 1.807) is 0 Å². The summed E-state index contributed by atoms with van der Waals surface area (Å²) < 4.78 is 4.41. The first-order valence-electron chi connectivity index (χ1n) is 13.6. The van der Waals surface area contributed by atoms with E-state index < -0.39 is 0 Å². The second-order valence-corrected chi connectivity index (χ2v) is 10.6. The lowest BCUT2D eigenvalue weighted by atomic mass is 9.98. The highest BCUT2D eigenvalue weighted by Gasteiger charge is 2.18. The predicted molar refractivity (Wildman–Crippen MR) is 163 cm³/mol. The number of fused-ring (bicyclic) bond motifs is 2. The highest BCUT2D eigenvalue weighted by atomic mass is 35.5. The lowest BCUT2D eigenvalue weighted by Gasteiger charge is -2.12. The molecule has 7 aromatic rings. The summed E-state index contributed by atoms with van der Waals surface area (Å²) in [5.41, 5.74) is 9.14. The number of aromatic nitrogens is 8. The minimum absolute atomic E-state index is 0.634. The Balaban J connectivity index is 1.28. The highest BCUT2D eigenvalue weighted by molar-refractivity contribution is 6.35. The van der Waals surface area contributed by atoms with Gasteiger partial charge in [0.2, 0.25) is 0 Å². The molecule has 0 aliphatic rings. The molecule has 7 rings (SSSR count). The van der Waals surface area contributed by atoms with E-state index in [9.17, 15) is 0 Å². The molecule has 9 heteroatoms. The Labute approximate surface area is 241 Å². The Morgan fingerprint density at radius 1 is 0.829 bits per heavy atom. The minimum atomic E-state index is 0.634. The number of aromatic amines is 1. The third-order valence-electron chi connectivity index (χ3n) is 7.54. The molecule has 0 amide bonds. The van der Waals surface area contributed by atoms with E-state index in [2.05, 4.69) is 79.1 Å². The van der Waals surface area contributed by atoms with Crippen LogP contribution in [0.15, 0.2) is 84.9 Å². The van der Waals surface area contributed by atoms with E-state index in [1.165, 1.54) is 5.56 Å². The first-order chi connectivity index (χ1) is 20.1. The number of nitrogens with one attached hydrogen (secondary N) is 1. The first-order valence-corrected chi connectivity index (χ1v) is 14.0. The van der Waals surface area contributed by atoms with Gasteiger partial charge in [0.05, 0.1) is 21.6 Å². The number of H-pyrrole nitrogens is 1. The van der Waals surface area contributed by atoms with Gasteiger partial charge in [-0.05, 0) is 57.8 Å². The molecular formula is C32H27ClN8. The summed E-state index contributed by atoms with van der Waals surface area (Å²) >= 11 is 6.87. The second-order valence-electron chi connectivity index (χ2n) is 10.2. The number of tetrazole rings is 1. The van der Waals surface area contributed by atoms with Crippen molar-refractivity contribution in [3.63, 3.8) is 0 Å². The van der Waals surface area contributed by atoms with Gasteiger partial charge in [-0.3, -0.25) is 0 Å². The molecule has 4 aromatic carbocycles. The smallest absolute Gasteiger partial charge is 0.180 e. The van der Waals surface area contributed by atoms with Gasteiger partial charge in [-0.2, -0.15) is 0 Å². The molecule has 0 aliphatic heterocycles. The van der Waals surface area contributed by atoms with Crippen molar-refractivity contribution in [2.24, 2.45) is 7.05 Å². The normalized spacial score (nSPS) is 11.6. The third kappa shape index (κ3) is 4.46. The zero-order chi connectivity index (χ0) is 27.9. The SMILES string of the molecule is CCCc1nc2c(Cl)cc(-c3nc4ccccc4n3C)cc2n1Cc1ccc(-c2ccccc2-c2nnn[nH]2)cc1. The predicted octanol–water partition coefficient (Wildman–Crippen LogP) is 7.09. The van der Waals surface area contributed by atoms with Crippen molar-refractivity contribution in [2.45, 2.75) is 26.3 Å². The Bertz CT molecular complexity index is 2000. The number of rotatable bonds is 7. The zero-order valence-electron chi connectivity index (χ0n) is 22.7. The molecule has 0 bridgehead atoms. The molecule has 0 fully saturated rings. The lowest BCUT2D eigenvalue weighted by molar-refractivity contribution is 0.722. The van der Waals surface area contributed by atoms with Crippen LogP contribution in [0.5, 0.6) is 0 Å². The van der Waals surface area contributed by atoms with Gasteiger partial charge < -0.3 is 9.13 Å². The van der Waals surface area contributed by atoms with E-state index in [-0.39, 0.29) is 0 Å². The average Bonchev–Trinajstić information content (AvgIpc) is 3.73. The number of hydrogen-bond donors (Lipinski definition) is 1. The molecule has 3 aromatic heterocycles. The summed E-state index contributed by atoms with van der Waals surface area (Å²) in [7, 11) is 2.04. The van der Waals surface area contributed by atoms with Crippen LogP contribution in [-0.2, 0) is 20.0 Å². The Morgan fingerprint density at radius 3 is 2.37 bits per heavy atom. The molecule has 202 valence electrons. The number of benzene rings is 4. The topological polar surface area (TPSA) is 90.1 Å². The molecule has 0 spiro atoms. The first kappa shape index (κ1) is 25.2. The van der Waals surface area contributed by atoms with Crippen LogP contribution in [0, 0.1) is 0 Å². The molecule has 0 saturated heterocycles. The van der Waals surface area contributed by atoms with Crippen LogP contribution in [0.4, 0.5) is 0 Å². The number of halogens is 1. The number of aryl methyl sites for hydroxylation is 2. The summed E-state index contributed by atoms with van der Waals surface area (Å²) in [4.78, 5) is 9.90. The number of hydrogen-bond acceptors (Lipinski definition) is 5. The van der Waals surface area contributed by atoms with Crippen molar-refractivity contribution < 1.29 is 0 Å². The Hall–Kier alpha value is -4.82. The summed E-state index contributed by atoms with van der Waals surface area (Å²) in [5.74, 6) is 2.55. The molecule has 0 aliphatic carbocycles. The van der Waals surface area contributed by atoms with Gasteiger partial charge in [-0.15, -0.1) is 5.10 Å². The van der Waals surface area contributed by atoms with Gasteiger partial charge in [-0.1, -0.05) is 79.2 Å². The van der Waals surface area contributed by atoms with Crippen LogP contribution >= 0.6 is 11.6 Å². The summed E-state index contributed by atoms with van der Waals surface area (Å²) in [6.07, 6.45) is 1.86. The molecular weight excluding hydrogens is 532 g/mol. The average molecular weight is 559 g/mol. The van der Waals surface area contributed by atoms with Gasteiger partial charge in [0.1, 0.15) is 17.2 Å². The largest absolute Gasteiger partial charge is 0.327 e. The Kier molecular flexibility index (Phi) is 6.32. The molecule has 1 N–H and O–H groups in total. The van der Waals surface area contributed by atoms with E-state index in [4.69, 9.17) is 21.6 Å². The van der Waals surface area contributed by atoms with Crippen molar-refractivity contribution in [2.75, 3.05) is 0 Å². The van der Waals surface area contributed by atoms with Crippen LogP contribution in [0.1, 0.15) is 24.7 Å². The van der Waals surface area contributed by atoms with Gasteiger partial charge in [0.15, 0.2) is 5.82 Å². The molecule has 3 heterocycles. The van der Waals surface area contributed by atoms with Crippen molar-refractivity contribution in [3.05, 3.63) is 101 Å². The van der Waals surface area contributed by atoms with Crippen molar-refractivity contribution in [1.29, 1.82) is 0 Å². The maximum Gasteiger partial charge on any atom is 0.180 e. The number of para-hydroxylation sites is 2. The number of nitrogens with zero attached hydrogens (tertiary/aromatic N) is 7. The van der Waals surface area contributed by atoms with Crippen LogP contribution in [0.25, 0.3) is 56.0 Å². The second kappa shape index (κ2) is 10.3. The van der Waals surface area contributed by atoms with Crippen molar-refractivity contribution in [3.8, 4) is 33.9 Å². The maximum atomic E-state index is 6.87. The van der Waals surface area contributed by atoms with E-state index in [0.29, 0.717) is 17.4 Å². The quantitative estimate of drug-likeness (QED) is 0.225. The molecule has 41 heavy (non-hydrogen) atoms. The van der Waals surface area contributed by atoms with Gasteiger partial charge in [0, 0.05) is 31.1 Å². The van der Waals surface area contributed by atoms with E-state index in [0.717, 1.165) is 68.8 Å². The summed E-state index contributed by atoms with van der Waals surface area (Å²) in [5, 5.41) is 15.1. The van der Waals surface area contributed by atoms with Crippen LogP contribution in [-0.4, -0.2) is 39.7 Å². The Morgan fingerprint density at radius 2 is 1.61 bits per heavy atom. The van der Waals surface area contributed by atoms with E-state index in [1.807, 2.05) is 49.5 Å². The van der Waals surface area contributed by atoms with Gasteiger partial charge in [-0.25, -0.2) is 15.1 Å². The molecule has 0 saturated carbocycles. The molecule has 0 atom stereocenters. The highest BCUT2D eigenvalue weighted by Crippen LogP contribution is 2.34. The summed E-state index contributed by atoms with van der Waals surface area (Å²) in [6, 6.07) is 29.1. The van der Waals surface area contributed by atoms with Crippen LogP contribution < -0.4 is 0 Å². The fraction of sp³-hybridized carbons (Fsp3) is 0.156. The number of imidazole rings is 2. The van der Waals surface area contributed by atoms with Crippen molar-refractivity contribution in [1.82, 2.24) is 39.7 Å². The van der Waals surface area contributed by atoms with Gasteiger partial charge in [0.25, 0.3) is 0 Å². The fourth-order valence-corrected chi connectivity index (χ4v) is 5.80. The van der Waals surface area contributed by atoms with Crippen molar-refractivity contribution >= 4 is 33.7 Å². The van der Waals surface area contributed by atoms with E-state index >= 15 is 0 Å². The molecule has 8 nitrogen and oxygen atoms in total. The summed E-state index contributed by atoms with van der Waals surface area (Å²) in [6.45, 7) is 2.86. The van der Waals surface area contributed by atoms with Gasteiger partial charge >= 0.3 is 0 Å². The van der Waals surface area contributed by atoms with Crippen LogP contribution in [0.3, 0.4) is 0 Å². The van der Waals surface area contributed by atoms with Crippen LogP contribution in [0.2, 0.25) is 5.02 Å².